The molecule has 3 heteroatoms. The van der Waals surface area contributed by atoms with Crippen LogP contribution in [0, 0.1) is 7.43 Å². The molecule has 22 valence electrons. The summed E-state index contributed by atoms with van der Waals surface area (Å²) < 4.78 is 0. The Morgan fingerprint density at radius 1 is 1.25 bits per heavy atom. The summed E-state index contributed by atoms with van der Waals surface area (Å²) in [5.74, 6) is 3.50. The summed E-state index contributed by atoms with van der Waals surface area (Å²) in [6.45, 7) is 0. The van der Waals surface area contributed by atoms with E-state index in [0.29, 0.717) is 0 Å². The van der Waals surface area contributed by atoms with Crippen molar-refractivity contribution < 1.29 is 34.8 Å². The van der Waals surface area contributed by atoms with Crippen molar-refractivity contribution in [1.82, 2.24) is 0 Å². The molecule has 0 spiro atoms. The van der Waals surface area contributed by atoms with E-state index in [0.717, 1.165) is 0 Å². The number of hydrogen-bond donors (Lipinski definition) is 2. The molecule has 0 radical (unpaired) electrons. The normalized spacial score (nSPS) is 1.50. The molecule has 0 atom stereocenters. The van der Waals surface area contributed by atoms with Crippen LogP contribution in [0.15, 0.2) is 0 Å². The van der Waals surface area contributed by atoms with Gasteiger partial charge in [0.1, 0.15) is 0 Å². The summed E-state index contributed by atoms with van der Waals surface area (Å²) in [6.07, 6.45) is 0. The first-order valence-electron chi connectivity index (χ1n) is 0.258. The third-order valence-corrected chi connectivity index (χ3v) is 0. The van der Waals surface area contributed by atoms with Crippen molar-refractivity contribution in [1.29, 1.82) is 0 Å². The average Bonchev–Trinajstić information content (AvgIpc) is 1.00. The fourth-order valence-electron chi connectivity index (χ4n) is 0. The van der Waals surface area contributed by atoms with Crippen LogP contribution in [0.25, 0.3) is 0 Å². The maximum absolute atomic E-state index is 6.50. The fourth-order valence-corrected chi connectivity index (χ4v) is 0. The second kappa shape index (κ2) is 39.5. The first-order valence-corrected chi connectivity index (χ1v) is 0.258. The standard InChI is InChI=1S/CH3.H3NO.Na/c;1-2;/h1H3;2H,1H2;/q-1;;+1. The Bertz CT molecular complexity index is 8.00. The van der Waals surface area contributed by atoms with Gasteiger partial charge < -0.3 is 12.6 Å². The van der Waals surface area contributed by atoms with Crippen molar-refractivity contribution in [2.24, 2.45) is 5.90 Å². The van der Waals surface area contributed by atoms with Gasteiger partial charge in [0.05, 0.1) is 0 Å². The van der Waals surface area contributed by atoms with Crippen molar-refractivity contribution in [2.75, 3.05) is 0 Å². The molecule has 0 aliphatic rings. The molecule has 0 aromatic heterocycles. The van der Waals surface area contributed by atoms with Crippen LogP contribution >= 0.6 is 0 Å². The second-order valence-electron chi connectivity index (χ2n) is 0. The van der Waals surface area contributed by atoms with E-state index in [1.54, 1.807) is 0 Å². The smallest absolute Gasteiger partial charge is 0.358 e. The van der Waals surface area contributed by atoms with Gasteiger partial charge in [-0.25, -0.2) is 5.90 Å². The van der Waals surface area contributed by atoms with Gasteiger partial charge in [-0.3, -0.25) is 0 Å². The van der Waals surface area contributed by atoms with Crippen molar-refractivity contribution in [3.63, 3.8) is 0 Å². The van der Waals surface area contributed by atoms with Crippen molar-refractivity contribution >= 4 is 0 Å². The Balaban J connectivity index is -0.00000000500. The van der Waals surface area contributed by atoms with Crippen molar-refractivity contribution in [2.45, 2.75) is 0 Å². The molecule has 0 amide bonds. The Morgan fingerprint density at radius 3 is 1.25 bits per heavy atom. The predicted octanol–water partition coefficient (Wildman–Crippen LogP) is -3.21. The van der Waals surface area contributed by atoms with Gasteiger partial charge in [-0.1, -0.05) is 0 Å². The van der Waals surface area contributed by atoms with E-state index in [1.807, 2.05) is 0 Å². The van der Waals surface area contributed by atoms with Crippen LogP contribution in [-0.2, 0) is 0 Å². The molecule has 0 aromatic rings. The first-order chi connectivity index (χ1) is 1.00. The van der Waals surface area contributed by atoms with Gasteiger partial charge in [0, 0.05) is 0 Å². The van der Waals surface area contributed by atoms with E-state index < -0.39 is 0 Å². The number of hydrogen-bond acceptors (Lipinski definition) is 2. The van der Waals surface area contributed by atoms with Crippen LogP contribution in [0.3, 0.4) is 0 Å². The molecular weight excluding hydrogens is 65.0 g/mol. The van der Waals surface area contributed by atoms with E-state index >= 15 is 0 Å². The van der Waals surface area contributed by atoms with Gasteiger partial charge in [0.2, 0.25) is 0 Å². The van der Waals surface area contributed by atoms with E-state index in [1.165, 1.54) is 0 Å². The van der Waals surface area contributed by atoms with E-state index in [-0.39, 0.29) is 37.0 Å². The molecule has 0 aliphatic carbocycles. The average molecular weight is 71.1 g/mol. The van der Waals surface area contributed by atoms with Crippen molar-refractivity contribution in [3.05, 3.63) is 7.43 Å². The van der Waals surface area contributed by atoms with Gasteiger partial charge in [-0.05, 0) is 0 Å². The zero-order valence-electron chi connectivity index (χ0n) is 3.02. The first kappa shape index (κ1) is 20.5. The summed E-state index contributed by atoms with van der Waals surface area (Å²) in [5.41, 5.74) is 0. The third kappa shape index (κ3) is 12.7. The molecule has 0 fully saturated rings. The zero-order valence-corrected chi connectivity index (χ0v) is 5.02. The molecule has 0 unspecified atom stereocenters. The molecule has 0 heterocycles. The molecule has 2 nitrogen and oxygen atoms in total. The SMILES string of the molecule is NO.[CH3-].[Na+]. The van der Waals surface area contributed by atoms with E-state index in [9.17, 15) is 0 Å². The van der Waals surface area contributed by atoms with E-state index in [2.05, 4.69) is 5.90 Å². The van der Waals surface area contributed by atoms with Crippen LogP contribution < -0.4 is 35.5 Å². The van der Waals surface area contributed by atoms with Crippen LogP contribution in [0.1, 0.15) is 0 Å². The summed E-state index contributed by atoms with van der Waals surface area (Å²) in [6, 6.07) is 0. The molecule has 0 saturated heterocycles. The minimum Gasteiger partial charge on any atom is -0.358 e. The van der Waals surface area contributed by atoms with Crippen LogP contribution in [0.4, 0.5) is 0 Å². The van der Waals surface area contributed by atoms with Gasteiger partial charge in [0.15, 0.2) is 0 Å². The Labute approximate surface area is 48.2 Å². The van der Waals surface area contributed by atoms with Crippen LogP contribution in [-0.4, -0.2) is 5.21 Å². The second-order valence-corrected chi connectivity index (χ2v) is 0. The number of nitrogens with two attached hydrogens (primary N) is 1. The van der Waals surface area contributed by atoms with Gasteiger partial charge >= 0.3 is 29.6 Å². The molecule has 3 N–H and O–H groups in total. The molecule has 4 heavy (non-hydrogen) atoms. The monoisotopic (exact) mass is 71.0 g/mol. The quantitative estimate of drug-likeness (QED) is 0.179. The van der Waals surface area contributed by atoms with Gasteiger partial charge in [0.25, 0.3) is 0 Å². The Hall–Kier alpha value is 0.920. The van der Waals surface area contributed by atoms with Gasteiger partial charge in [-0.2, -0.15) is 0 Å². The van der Waals surface area contributed by atoms with Gasteiger partial charge in [-0.15, -0.1) is 0 Å². The molecule has 0 aromatic carbocycles. The molecule has 0 aliphatic heterocycles. The zero-order chi connectivity index (χ0) is 2.00. The largest absolute Gasteiger partial charge is 1.00 e. The molecule has 0 saturated carbocycles. The fraction of sp³-hybridized carbons (Fsp3) is 0. The minimum atomic E-state index is 0. The minimum absolute atomic E-state index is 0. The molecular formula is CH6NNaO. The Morgan fingerprint density at radius 2 is 1.25 bits per heavy atom. The summed E-state index contributed by atoms with van der Waals surface area (Å²) >= 11 is 0. The summed E-state index contributed by atoms with van der Waals surface area (Å²) in [4.78, 5) is 0. The summed E-state index contributed by atoms with van der Waals surface area (Å²) in [7, 11) is 0. The van der Waals surface area contributed by atoms with Crippen molar-refractivity contribution in [3.8, 4) is 0 Å². The topological polar surface area (TPSA) is 46.2 Å². The third-order valence-electron chi connectivity index (χ3n) is 0. The maximum atomic E-state index is 6.50. The predicted molar refractivity (Wildman–Crippen MR) is 12.4 cm³/mol. The summed E-state index contributed by atoms with van der Waals surface area (Å²) in [5, 5.41) is 6.50. The maximum Gasteiger partial charge on any atom is 1.00 e. The Kier molecular flexibility index (Phi) is 202. The molecule has 0 bridgehead atoms. The molecule has 0 rings (SSSR count). The van der Waals surface area contributed by atoms with E-state index in [4.69, 9.17) is 5.21 Å². The number of rotatable bonds is 0. The van der Waals surface area contributed by atoms with Crippen LogP contribution in [0.2, 0.25) is 0 Å². The van der Waals surface area contributed by atoms with Crippen LogP contribution in [0.5, 0.6) is 0 Å².